The molecule has 4 nitrogen and oxygen atoms in total. The van der Waals surface area contributed by atoms with E-state index >= 15 is 0 Å². The number of fused-ring (bicyclic) bond motifs is 1. The van der Waals surface area contributed by atoms with Crippen LogP contribution in [0.25, 0.3) is 10.9 Å². The molecule has 0 spiro atoms. The molecule has 0 fully saturated rings. The number of nitrogens with zero attached hydrogens (tertiary/aromatic N) is 1. The van der Waals surface area contributed by atoms with E-state index in [1.807, 2.05) is 0 Å². The third-order valence-corrected chi connectivity index (χ3v) is 3.43. The monoisotopic (exact) mass is 286 g/mol. The van der Waals surface area contributed by atoms with Gasteiger partial charge in [-0.15, -0.1) is 0 Å². The van der Waals surface area contributed by atoms with E-state index in [0.29, 0.717) is 12.5 Å². The number of nitrogens with two attached hydrogens (primary N) is 1. The number of nitrogens with one attached hydrogen (secondary N) is 2. The van der Waals surface area contributed by atoms with Gasteiger partial charge in [0.25, 0.3) is 0 Å². The fraction of sp³-hybridized carbons (Fsp3) is 0.471. The first kappa shape index (κ1) is 15.4. The lowest BCUT2D eigenvalue weighted by atomic mass is 10.1. The van der Waals surface area contributed by atoms with Crippen molar-refractivity contribution in [2.75, 3.05) is 6.54 Å². The van der Waals surface area contributed by atoms with Crippen LogP contribution in [-0.4, -0.2) is 23.0 Å². The largest absolute Gasteiger partial charge is 0.370 e. The molecule has 1 heterocycles. The van der Waals surface area contributed by atoms with Gasteiger partial charge in [0.2, 0.25) is 0 Å². The molecule has 0 bridgehead atoms. The number of H-pyrrole nitrogens is 1. The number of aromatic nitrogens is 1. The highest BCUT2D eigenvalue weighted by molar-refractivity contribution is 5.86. The number of guanidine groups is 1. The van der Waals surface area contributed by atoms with Gasteiger partial charge >= 0.3 is 0 Å². The average molecular weight is 286 g/mol. The lowest BCUT2D eigenvalue weighted by Crippen LogP contribution is -2.45. The molecule has 0 aliphatic rings. The Morgan fingerprint density at radius 3 is 2.71 bits per heavy atom. The summed E-state index contributed by atoms with van der Waals surface area (Å²) in [6, 6.07) is 6.46. The molecule has 0 aliphatic carbocycles. The summed E-state index contributed by atoms with van der Waals surface area (Å²) in [5.41, 5.74) is 9.74. The second-order valence-corrected chi connectivity index (χ2v) is 6.40. The van der Waals surface area contributed by atoms with Crippen LogP contribution in [0.3, 0.4) is 0 Å². The molecule has 114 valence electrons. The Hall–Kier alpha value is -1.97. The standard InChI is InChI=1S/C17H26N4/c1-5-12-7-6-8-14-13(11-20-15(12)14)9-10-19-16(18)21-17(2,3)4/h6-8,11,20H,5,9-10H2,1-4H3,(H3,18,19,21). The average Bonchev–Trinajstić information content (AvgIpc) is 2.80. The topological polar surface area (TPSA) is 66.2 Å². The summed E-state index contributed by atoms with van der Waals surface area (Å²) >= 11 is 0. The summed E-state index contributed by atoms with van der Waals surface area (Å²) in [5, 5.41) is 4.47. The molecule has 0 atom stereocenters. The Balaban J connectivity index is 2.06. The molecule has 1 aromatic carbocycles. The molecule has 0 saturated heterocycles. The summed E-state index contributed by atoms with van der Waals surface area (Å²) in [5.74, 6) is 0.511. The molecular formula is C17H26N4. The van der Waals surface area contributed by atoms with E-state index in [-0.39, 0.29) is 5.54 Å². The molecule has 0 aliphatic heterocycles. The number of aromatic amines is 1. The number of aliphatic imine (C=N–C) groups is 1. The summed E-state index contributed by atoms with van der Waals surface area (Å²) in [6.07, 6.45) is 4.02. The lowest BCUT2D eigenvalue weighted by Gasteiger charge is -2.20. The summed E-state index contributed by atoms with van der Waals surface area (Å²) in [4.78, 5) is 7.79. The first-order valence-corrected chi connectivity index (χ1v) is 7.56. The van der Waals surface area contributed by atoms with Crippen LogP contribution in [0.5, 0.6) is 0 Å². The number of aryl methyl sites for hydroxylation is 1. The van der Waals surface area contributed by atoms with Crippen LogP contribution in [0, 0.1) is 0 Å². The van der Waals surface area contributed by atoms with E-state index in [4.69, 9.17) is 5.73 Å². The van der Waals surface area contributed by atoms with E-state index in [1.165, 1.54) is 22.0 Å². The molecule has 0 amide bonds. The predicted molar refractivity (Wildman–Crippen MR) is 90.8 cm³/mol. The highest BCUT2D eigenvalue weighted by atomic mass is 15.1. The number of hydrogen-bond donors (Lipinski definition) is 3. The van der Waals surface area contributed by atoms with E-state index in [2.05, 4.69) is 67.4 Å². The quantitative estimate of drug-likeness (QED) is 0.597. The number of para-hydroxylation sites is 1. The van der Waals surface area contributed by atoms with E-state index in [9.17, 15) is 0 Å². The Morgan fingerprint density at radius 2 is 2.05 bits per heavy atom. The smallest absolute Gasteiger partial charge is 0.188 e. The highest BCUT2D eigenvalue weighted by Crippen LogP contribution is 2.22. The van der Waals surface area contributed by atoms with Crippen molar-refractivity contribution in [2.45, 2.75) is 46.1 Å². The van der Waals surface area contributed by atoms with Gasteiger partial charge in [-0.2, -0.15) is 0 Å². The minimum absolute atomic E-state index is 0.0512. The van der Waals surface area contributed by atoms with Gasteiger partial charge in [0, 0.05) is 29.2 Å². The molecule has 4 N–H and O–H groups in total. The maximum absolute atomic E-state index is 5.89. The minimum Gasteiger partial charge on any atom is -0.370 e. The van der Waals surface area contributed by atoms with Crippen LogP contribution in [0.2, 0.25) is 0 Å². The van der Waals surface area contributed by atoms with Gasteiger partial charge in [-0.25, -0.2) is 0 Å². The molecule has 21 heavy (non-hydrogen) atoms. The first-order valence-electron chi connectivity index (χ1n) is 7.56. The second-order valence-electron chi connectivity index (χ2n) is 6.40. The van der Waals surface area contributed by atoms with Crippen molar-refractivity contribution in [1.29, 1.82) is 0 Å². The molecular weight excluding hydrogens is 260 g/mol. The van der Waals surface area contributed by atoms with Crippen molar-refractivity contribution in [3.05, 3.63) is 35.5 Å². The normalized spacial score (nSPS) is 12.9. The number of benzene rings is 1. The van der Waals surface area contributed by atoms with E-state index < -0.39 is 0 Å². The maximum Gasteiger partial charge on any atom is 0.188 e. The highest BCUT2D eigenvalue weighted by Gasteiger charge is 2.10. The fourth-order valence-electron chi connectivity index (χ4n) is 2.50. The predicted octanol–water partition coefficient (Wildman–Crippen LogP) is 2.98. The van der Waals surface area contributed by atoms with Crippen molar-refractivity contribution in [3.63, 3.8) is 0 Å². The third-order valence-electron chi connectivity index (χ3n) is 3.43. The van der Waals surface area contributed by atoms with Gasteiger partial charge in [-0.1, -0.05) is 25.1 Å². The van der Waals surface area contributed by atoms with Crippen molar-refractivity contribution >= 4 is 16.9 Å². The molecule has 4 heteroatoms. The molecule has 0 radical (unpaired) electrons. The number of rotatable bonds is 4. The SMILES string of the molecule is CCc1cccc2c(CCN=C(N)NC(C)(C)C)c[nH]c12. The van der Waals surface area contributed by atoms with Crippen LogP contribution < -0.4 is 11.1 Å². The van der Waals surface area contributed by atoms with Crippen molar-refractivity contribution in [1.82, 2.24) is 10.3 Å². The summed E-state index contributed by atoms with van der Waals surface area (Å²) in [6.45, 7) is 9.08. The molecule has 2 aromatic rings. The Kier molecular flexibility index (Phi) is 4.56. The van der Waals surface area contributed by atoms with E-state index in [0.717, 1.165) is 12.8 Å². The Bertz CT molecular complexity index is 632. The van der Waals surface area contributed by atoms with Crippen molar-refractivity contribution < 1.29 is 0 Å². The van der Waals surface area contributed by atoms with Gasteiger partial charge in [0.05, 0.1) is 0 Å². The van der Waals surface area contributed by atoms with Gasteiger partial charge in [-0.3, -0.25) is 4.99 Å². The fourth-order valence-corrected chi connectivity index (χ4v) is 2.50. The Labute approximate surface area is 126 Å². The molecule has 2 rings (SSSR count). The minimum atomic E-state index is -0.0512. The zero-order chi connectivity index (χ0) is 15.5. The first-order chi connectivity index (χ1) is 9.90. The van der Waals surface area contributed by atoms with Crippen LogP contribution >= 0.6 is 0 Å². The van der Waals surface area contributed by atoms with Gasteiger partial charge in [-0.05, 0) is 44.7 Å². The summed E-state index contributed by atoms with van der Waals surface area (Å²) in [7, 11) is 0. The second kappa shape index (κ2) is 6.20. The zero-order valence-electron chi connectivity index (χ0n) is 13.5. The molecule has 0 unspecified atom stereocenters. The summed E-state index contributed by atoms with van der Waals surface area (Å²) < 4.78 is 0. The maximum atomic E-state index is 5.89. The van der Waals surface area contributed by atoms with Crippen molar-refractivity contribution in [3.8, 4) is 0 Å². The van der Waals surface area contributed by atoms with Crippen molar-refractivity contribution in [2.24, 2.45) is 10.7 Å². The van der Waals surface area contributed by atoms with Gasteiger partial charge < -0.3 is 16.0 Å². The van der Waals surface area contributed by atoms with E-state index in [1.54, 1.807) is 0 Å². The van der Waals surface area contributed by atoms with Crippen LogP contribution in [0.4, 0.5) is 0 Å². The van der Waals surface area contributed by atoms with Crippen LogP contribution in [-0.2, 0) is 12.8 Å². The number of hydrogen-bond acceptors (Lipinski definition) is 1. The molecule has 1 aromatic heterocycles. The van der Waals surface area contributed by atoms with Gasteiger partial charge in [0.15, 0.2) is 5.96 Å². The van der Waals surface area contributed by atoms with Crippen LogP contribution in [0.1, 0.15) is 38.8 Å². The zero-order valence-corrected chi connectivity index (χ0v) is 13.5. The third kappa shape index (κ3) is 4.00. The van der Waals surface area contributed by atoms with Gasteiger partial charge in [0.1, 0.15) is 0 Å². The Morgan fingerprint density at radius 1 is 1.29 bits per heavy atom. The lowest BCUT2D eigenvalue weighted by molar-refractivity contribution is 0.508. The molecule has 0 saturated carbocycles. The van der Waals surface area contributed by atoms with Crippen LogP contribution in [0.15, 0.2) is 29.4 Å².